The molecule has 0 bridgehead atoms. The number of aliphatic imine (C=N–C) groups is 1. The fourth-order valence-corrected chi connectivity index (χ4v) is 2.68. The van der Waals surface area contributed by atoms with Crippen molar-refractivity contribution < 1.29 is 0 Å². The Morgan fingerprint density at radius 1 is 1.31 bits per heavy atom. The summed E-state index contributed by atoms with van der Waals surface area (Å²) >= 11 is 0. The van der Waals surface area contributed by atoms with Gasteiger partial charge in [0.15, 0.2) is 5.96 Å². The topological polar surface area (TPSA) is 44.9 Å². The molecule has 0 saturated carbocycles. The van der Waals surface area contributed by atoms with Gasteiger partial charge in [0.05, 0.1) is 0 Å². The Labute approximate surface area is 98.5 Å². The molecule has 0 aromatic rings. The second kappa shape index (κ2) is 5.53. The first kappa shape index (κ1) is 11.7. The van der Waals surface area contributed by atoms with Gasteiger partial charge in [-0.05, 0) is 38.8 Å². The minimum absolute atomic E-state index is 0.720. The lowest BCUT2D eigenvalue weighted by Crippen LogP contribution is -2.40. The summed E-state index contributed by atoms with van der Waals surface area (Å²) < 4.78 is 0. The van der Waals surface area contributed by atoms with Crippen molar-refractivity contribution >= 4 is 5.96 Å². The van der Waals surface area contributed by atoms with E-state index in [1.165, 1.54) is 32.4 Å². The molecule has 0 amide bonds. The first-order valence-corrected chi connectivity index (χ1v) is 6.60. The van der Waals surface area contributed by atoms with Crippen molar-refractivity contribution in [1.82, 2.24) is 9.80 Å². The van der Waals surface area contributed by atoms with Crippen molar-refractivity contribution in [3.8, 4) is 0 Å². The summed E-state index contributed by atoms with van der Waals surface area (Å²) in [7, 11) is 0. The van der Waals surface area contributed by atoms with E-state index in [4.69, 9.17) is 5.73 Å². The van der Waals surface area contributed by atoms with Gasteiger partial charge in [-0.15, -0.1) is 0 Å². The third kappa shape index (κ3) is 2.67. The Balaban J connectivity index is 1.82. The summed E-state index contributed by atoms with van der Waals surface area (Å²) in [6.07, 6.45) is 5.07. The van der Waals surface area contributed by atoms with Crippen LogP contribution in [-0.4, -0.2) is 54.5 Å². The van der Waals surface area contributed by atoms with Crippen molar-refractivity contribution in [1.29, 1.82) is 0 Å². The highest BCUT2D eigenvalue weighted by Gasteiger charge is 2.29. The highest BCUT2D eigenvalue weighted by Crippen LogP contribution is 2.20. The number of nitrogens with zero attached hydrogens (tertiary/aromatic N) is 3. The summed E-state index contributed by atoms with van der Waals surface area (Å²) in [5, 5.41) is 0. The predicted octanol–water partition coefficient (Wildman–Crippen LogP) is 0.881. The van der Waals surface area contributed by atoms with Gasteiger partial charge >= 0.3 is 0 Å². The van der Waals surface area contributed by atoms with Crippen molar-refractivity contribution in [2.45, 2.75) is 38.6 Å². The molecular weight excluding hydrogens is 200 g/mol. The lowest BCUT2D eigenvalue weighted by atomic mass is 10.2. The highest BCUT2D eigenvalue weighted by atomic mass is 15.3. The minimum atomic E-state index is 0.720. The predicted molar refractivity (Wildman–Crippen MR) is 67.6 cm³/mol. The molecule has 4 heteroatoms. The van der Waals surface area contributed by atoms with E-state index in [0.717, 1.165) is 38.1 Å². The van der Waals surface area contributed by atoms with E-state index in [1.54, 1.807) is 0 Å². The molecule has 0 aliphatic carbocycles. The molecule has 2 aliphatic rings. The van der Waals surface area contributed by atoms with Crippen LogP contribution in [0.25, 0.3) is 0 Å². The van der Waals surface area contributed by atoms with E-state index in [-0.39, 0.29) is 0 Å². The molecule has 1 atom stereocenters. The van der Waals surface area contributed by atoms with Gasteiger partial charge in [-0.3, -0.25) is 9.89 Å². The van der Waals surface area contributed by atoms with E-state index >= 15 is 0 Å². The van der Waals surface area contributed by atoms with Crippen molar-refractivity contribution in [2.75, 3.05) is 32.7 Å². The van der Waals surface area contributed by atoms with Gasteiger partial charge < -0.3 is 10.6 Å². The molecular formula is C12H24N4. The second-order valence-corrected chi connectivity index (χ2v) is 4.87. The van der Waals surface area contributed by atoms with Gasteiger partial charge in [-0.2, -0.15) is 0 Å². The average molecular weight is 224 g/mol. The van der Waals surface area contributed by atoms with E-state index in [0.29, 0.717) is 0 Å². The Kier molecular flexibility index (Phi) is 4.04. The molecule has 2 N–H and O–H groups in total. The van der Waals surface area contributed by atoms with Crippen LogP contribution in [0.1, 0.15) is 32.6 Å². The molecule has 2 aliphatic heterocycles. The molecule has 2 rings (SSSR count). The quantitative estimate of drug-likeness (QED) is 0.572. The standard InChI is InChI=1S/C12H24N4/c1-2-6-14-12(13)16-9-5-11(10-16)15-7-3-4-8-15/h11H,2-10H2,1H3,(H2,13,14). The molecule has 92 valence electrons. The zero-order chi connectivity index (χ0) is 11.4. The third-order valence-corrected chi connectivity index (χ3v) is 3.64. The summed E-state index contributed by atoms with van der Waals surface area (Å²) in [5.41, 5.74) is 5.98. The largest absolute Gasteiger partial charge is 0.370 e. The lowest BCUT2D eigenvalue weighted by molar-refractivity contribution is 0.249. The van der Waals surface area contributed by atoms with Gasteiger partial charge in [0, 0.05) is 25.7 Å². The second-order valence-electron chi connectivity index (χ2n) is 4.87. The normalized spacial score (nSPS) is 27.9. The van der Waals surface area contributed by atoms with Gasteiger partial charge in [-0.1, -0.05) is 6.92 Å². The van der Waals surface area contributed by atoms with Gasteiger partial charge in [-0.25, -0.2) is 0 Å². The summed E-state index contributed by atoms with van der Waals surface area (Å²) in [5.74, 6) is 0.753. The van der Waals surface area contributed by atoms with Crippen molar-refractivity contribution in [3.05, 3.63) is 0 Å². The fourth-order valence-electron chi connectivity index (χ4n) is 2.68. The van der Waals surface area contributed by atoms with Crippen molar-refractivity contribution in [3.63, 3.8) is 0 Å². The zero-order valence-corrected chi connectivity index (χ0v) is 10.4. The van der Waals surface area contributed by atoms with Crippen LogP contribution in [0.5, 0.6) is 0 Å². The van der Waals surface area contributed by atoms with Crippen LogP contribution in [0.3, 0.4) is 0 Å². The van der Waals surface area contributed by atoms with Crippen LogP contribution < -0.4 is 5.73 Å². The smallest absolute Gasteiger partial charge is 0.191 e. The van der Waals surface area contributed by atoms with Gasteiger partial charge in [0.25, 0.3) is 0 Å². The minimum Gasteiger partial charge on any atom is -0.370 e. The van der Waals surface area contributed by atoms with Crippen LogP contribution in [0.2, 0.25) is 0 Å². The summed E-state index contributed by atoms with van der Waals surface area (Å²) in [6, 6.07) is 0.720. The number of rotatable bonds is 3. The molecule has 0 aromatic heterocycles. The first-order valence-electron chi connectivity index (χ1n) is 6.60. The Morgan fingerprint density at radius 2 is 2.06 bits per heavy atom. The third-order valence-electron chi connectivity index (χ3n) is 3.64. The molecule has 1 unspecified atom stereocenters. The maximum absolute atomic E-state index is 5.98. The van der Waals surface area contributed by atoms with Crippen LogP contribution in [0, 0.1) is 0 Å². The van der Waals surface area contributed by atoms with E-state index in [1.807, 2.05) is 0 Å². The van der Waals surface area contributed by atoms with Crippen LogP contribution in [0.15, 0.2) is 4.99 Å². The van der Waals surface area contributed by atoms with E-state index < -0.39 is 0 Å². The number of hydrogen-bond acceptors (Lipinski definition) is 2. The van der Waals surface area contributed by atoms with Crippen LogP contribution in [0.4, 0.5) is 0 Å². The molecule has 0 aromatic carbocycles. The highest BCUT2D eigenvalue weighted by molar-refractivity contribution is 5.78. The van der Waals surface area contributed by atoms with Crippen LogP contribution >= 0.6 is 0 Å². The maximum Gasteiger partial charge on any atom is 0.191 e. The van der Waals surface area contributed by atoms with Crippen LogP contribution in [-0.2, 0) is 0 Å². The Morgan fingerprint density at radius 3 is 2.75 bits per heavy atom. The average Bonchev–Trinajstić information content (AvgIpc) is 2.94. The van der Waals surface area contributed by atoms with E-state index in [9.17, 15) is 0 Å². The molecule has 2 saturated heterocycles. The lowest BCUT2D eigenvalue weighted by Gasteiger charge is -2.23. The molecule has 16 heavy (non-hydrogen) atoms. The number of guanidine groups is 1. The zero-order valence-electron chi connectivity index (χ0n) is 10.4. The Bertz CT molecular complexity index is 245. The van der Waals surface area contributed by atoms with E-state index in [2.05, 4.69) is 21.7 Å². The molecule has 0 spiro atoms. The van der Waals surface area contributed by atoms with Gasteiger partial charge in [0.2, 0.25) is 0 Å². The van der Waals surface area contributed by atoms with Gasteiger partial charge in [0.1, 0.15) is 0 Å². The number of likely N-dealkylation sites (tertiary alicyclic amines) is 2. The summed E-state index contributed by atoms with van der Waals surface area (Å²) in [6.45, 7) is 7.72. The maximum atomic E-state index is 5.98. The molecule has 4 nitrogen and oxygen atoms in total. The summed E-state index contributed by atoms with van der Waals surface area (Å²) in [4.78, 5) is 9.25. The fraction of sp³-hybridized carbons (Fsp3) is 0.917. The molecule has 0 radical (unpaired) electrons. The number of nitrogens with two attached hydrogens (primary N) is 1. The molecule has 2 fully saturated rings. The Hall–Kier alpha value is -0.770. The monoisotopic (exact) mass is 224 g/mol. The first-order chi connectivity index (χ1) is 7.81. The SMILES string of the molecule is CCCN=C(N)N1CCC(N2CCCC2)C1. The van der Waals surface area contributed by atoms with Crippen molar-refractivity contribution in [2.24, 2.45) is 10.7 Å². The molecule has 2 heterocycles. The number of hydrogen-bond donors (Lipinski definition) is 1.